The number of hydrogen-bond donors (Lipinski definition) is 0. The summed E-state index contributed by atoms with van der Waals surface area (Å²) in [6, 6.07) is 5.22. The molecule has 1 aromatic carbocycles. The van der Waals surface area contributed by atoms with Crippen LogP contribution in [-0.2, 0) is 10.0 Å². The molecule has 0 amide bonds. The lowest BCUT2D eigenvalue weighted by Crippen LogP contribution is -2.47. The van der Waals surface area contributed by atoms with Crippen molar-refractivity contribution in [3.63, 3.8) is 0 Å². The molecule has 0 N–H and O–H groups in total. The summed E-state index contributed by atoms with van der Waals surface area (Å²) in [5.74, 6) is 0.848. The van der Waals surface area contributed by atoms with E-state index in [1.807, 2.05) is 13.1 Å². The molecule has 0 bridgehead atoms. The number of nitrogens with zero attached hydrogens (tertiary/aromatic N) is 4. The highest BCUT2D eigenvalue weighted by atomic mass is 32.2. The standard InChI is InChI=1S/C15H20N4O3S/c1-11-4-5-13(15-16-12(2)22-17-15)10-14(11)23(20,21)19-8-6-18(3)7-9-19/h4-5,10H,6-9H2,1-3H3. The molecule has 0 spiro atoms. The maximum atomic E-state index is 12.9. The molecule has 1 aliphatic heterocycles. The summed E-state index contributed by atoms with van der Waals surface area (Å²) in [5, 5.41) is 3.86. The van der Waals surface area contributed by atoms with E-state index >= 15 is 0 Å². The number of sulfonamides is 1. The second-order valence-electron chi connectivity index (χ2n) is 5.82. The van der Waals surface area contributed by atoms with Gasteiger partial charge in [0.2, 0.25) is 21.7 Å². The van der Waals surface area contributed by atoms with Crippen molar-refractivity contribution in [1.82, 2.24) is 19.3 Å². The zero-order chi connectivity index (χ0) is 16.6. The van der Waals surface area contributed by atoms with Gasteiger partial charge in [-0.2, -0.15) is 9.29 Å². The summed E-state index contributed by atoms with van der Waals surface area (Å²) in [4.78, 5) is 6.59. The lowest BCUT2D eigenvalue weighted by Gasteiger charge is -2.31. The van der Waals surface area contributed by atoms with Crippen molar-refractivity contribution in [2.24, 2.45) is 0 Å². The van der Waals surface area contributed by atoms with Crippen LogP contribution in [0.15, 0.2) is 27.6 Å². The second-order valence-corrected chi connectivity index (χ2v) is 7.73. The molecule has 1 fully saturated rings. The van der Waals surface area contributed by atoms with Gasteiger partial charge in [0.25, 0.3) is 0 Å². The molecule has 23 heavy (non-hydrogen) atoms. The molecule has 1 aromatic heterocycles. The van der Waals surface area contributed by atoms with E-state index in [2.05, 4.69) is 15.0 Å². The zero-order valence-electron chi connectivity index (χ0n) is 13.5. The molecule has 0 saturated carbocycles. The first-order valence-electron chi connectivity index (χ1n) is 7.48. The van der Waals surface area contributed by atoms with Crippen LogP contribution in [0.1, 0.15) is 11.5 Å². The molecule has 0 atom stereocenters. The SMILES string of the molecule is Cc1nc(-c2ccc(C)c(S(=O)(=O)N3CCN(C)CC3)c2)no1. The number of likely N-dealkylation sites (N-methyl/N-ethyl adjacent to an activating group) is 1. The minimum Gasteiger partial charge on any atom is -0.339 e. The minimum absolute atomic E-state index is 0.307. The number of piperazine rings is 1. The summed E-state index contributed by atoms with van der Waals surface area (Å²) in [5.41, 5.74) is 1.35. The second kappa shape index (κ2) is 6.03. The maximum absolute atomic E-state index is 12.9. The van der Waals surface area contributed by atoms with Gasteiger partial charge in [0.05, 0.1) is 4.90 Å². The van der Waals surface area contributed by atoms with Gasteiger partial charge in [-0.05, 0) is 25.6 Å². The predicted molar refractivity (Wildman–Crippen MR) is 85.5 cm³/mol. The molecule has 0 unspecified atom stereocenters. The summed E-state index contributed by atoms with van der Waals surface area (Å²) in [6.07, 6.45) is 0. The summed E-state index contributed by atoms with van der Waals surface area (Å²) < 4.78 is 32.4. The van der Waals surface area contributed by atoms with Crippen molar-refractivity contribution in [2.75, 3.05) is 33.2 Å². The average molecular weight is 336 g/mol. The van der Waals surface area contributed by atoms with Crippen LogP contribution in [-0.4, -0.2) is 61.0 Å². The van der Waals surface area contributed by atoms with Gasteiger partial charge in [-0.3, -0.25) is 0 Å². The number of aryl methyl sites for hydroxylation is 2. The Labute approximate surface area is 136 Å². The van der Waals surface area contributed by atoms with Gasteiger partial charge in [-0.15, -0.1) is 0 Å². The largest absolute Gasteiger partial charge is 0.339 e. The van der Waals surface area contributed by atoms with Crippen molar-refractivity contribution in [3.05, 3.63) is 29.7 Å². The quantitative estimate of drug-likeness (QED) is 0.840. The number of benzene rings is 1. The third-order valence-electron chi connectivity index (χ3n) is 4.05. The van der Waals surface area contributed by atoms with Gasteiger partial charge in [0, 0.05) is 38.7 Å². The van der Waals surface area contributed by atoms with Crippen LogP contribution < -0.4 is 0 Å². The van der Waals surface area contributed by atoms with Crippen LogP contribution in [0.4, 0.5) is 0 Å². The number of rotatable bonds is 3. The molecule has 2 aromatic rings. The molecular formula is C15H20N4O3S. The van der Waals surface area contributed by atoms with Crippen LogP contribution in [0.3, 0.4) is 0 Å². The molecule has 0 aliphatic carbocycles. The molecule has 2 heterocycles. The highest BCUT2D eigenvalue weighted by Crippen LogP contribution is 2.26. The van der Waals surface area contributed by atoms with Gasteiger partial charge in [0.15, 0.2) is 0 Å². The van der Waals surface area contributed by atoms with Crippen LogP contribution in [0.2, 0.25) is 0 Å². The normalized spacial score (nSPS) is 17.5. The van der Waals surface area contributed by atoms with Crippen LogP contribution in [0.25, 0.3) is 11.4 Å². The van der Waals surface area contributed by atoms with Crippen molar-refractivity contribution in [3.8, 4) is 11.4 Å². The van der Waals surface area contributed by atoms with Crippen LogP contribution >= 0.6 is 0 Å². The Morgan fingerprint density at radius 3 is 2.43 bits per heavy atom. The van der Waals surface area contributed by atoms with Crippen molar-refractivity contribution >= 4 is 10.0 Å². The van der Waals surface area contributed by atoms with Gasteiger partial charge in [-0.1, -0.05) is 17.3 Å². The van der Waals surface area contributed by atoms with Gasteiger partial charge >= 0.3 is 0 Å². The van der Waals surface area contributed by atoms with E-state index < -0.39 is 10.0 Å². The Kier molecular flexibility index (Phi) is 4.22. The van der Waals surface area contributed by atoms with E-state index in [0.29, 0.717) is 40.8 Å². The van der Waals surface area contributed by atoms with E-state index in [1.165, 1.54) is 0 Å². The lowest BCUT2D eigenvalue weighted by molar-refractivity contribution is 0.222. The van der Waals surface area contributed by atoms with Gasteiger partial charge < -0.3 is 9.42 Å². The van der Waals surface area contributed by atoms with E-state index in [9.17, 15) is 8.42 Å². The van der Waals surface area contributed by atoms with Crippen LogP contribution in [0.5, 0.6) is 0 Å². The van der Waals surface area contributed by atoms with Gasteiger partial charge in [0.1, 0.15) is 0 Å². The van der Waals surface area contributed by atoms with Gasteiger partial charge in [-0.25, -0.2) is 8.42 Å². The summed E-state index contributed by atoms with van der Waals surface area (Å²) in [6.45, 7) is 5.98. The Bertz CT molecular complexity index is 808. The molecular weight excluding hydrogens is 316 g/mol. The Morgan fingerprint density at radius 2 is 1.83 bits per heavy atom. The maximum Gasteiger partial charge on any atom is 0.243 e. The Morgan fingerprint density at radius 1 is 1.13 bits per heavy atom. The van der Waals surface area contributed by atoms with Crippen molar-refractivity contribution < 1.29 is 12.9 Å². The van der Waals surface area contributed by atoms with E-state index in [4.69, 9.17) is 4.52 Å². The number of hydrogen-bond acceptors (Lipinski definition) is 6. The third kappa shape index (κ3) is 3.15. The fourth-order valence-corrected chi connectivity index (χ4v) is 4.27. The summed E-state index contributed by atoms with van der Waals surface area (Å²) in [7, 11) is -1.52. The topological polar surface area (TPSA) is 79.5 Å². The fourth-order valence-electron chi connectivity index (χ4n) is 2.60. The smallest absolute Gasteiger partial charge is 0.243 e. The third-order valence-corrected chi connectivity index (χ3v) is 6.09. The molecule has 3 rings (SSSR count). The van der Waals surface area contributed by atoms with Crippen molar-refractivity contribution in [1.29, 1.82) is 0 Å². The van der Waals surface area contributed by atoms with E-state index in [-0.39, 0.29) is 0 Å². The monoisotopic (exact) mass is 336 g/mol. The molecule has 8 heteroatoms. The predicted octanol–water partition coefficient (Wildman–Crippen LogP) is 1.29. The summed E-state index contributed by atoms with van der Waals surface area (Å²) >= 11 is 0. The fraction of sp³-hybridized carbons (Fsp3) is 0.467. The van der Waals surface area contributed by atoms with Crippen LogP contribution in [0, 0.1) is 13.8 Å². The first-order valence-corrected chi connectivity index (χ1v) is 8.92. The lowest BCUT2D eigenvalue weighted by atomic mass is 10.1. The first kappa shape index (κ1) is 16.1. The Hall–Kier alpha value is -1.77. The molecule has 7 nitrogen and oxygen atoms in total. The van der Waals surface area contributed by atoms with Crippen molar-refractivity contribution in [2.45, 2.75) is 18.7 Å². The first-order chi connectivity index (χ1) is 10.9. The minimum atomic E-state index is -3.52. The average Bonchev–Trinajstić information content (AvgIpc) is 2.94. The molecule has 124 valence electrons. The number of aromatic nitrogens is 2. The molecule has 0 radical (unpaired) electrons. The highest BCUT2D eigenvalue weighted by Gasteiger charge is 2.29. The Balaban J connectivity index is 1.98. The highest BCUT2D eigenvalue weighted by molar-refractivity contribution is 7.89. The molecule has 1 aliphatic rings. The van der Waals surface area contributed by atoms with E-state index in [1.54, 1.807) is 30.3 Å². The molecule has 1 saturated heterocycles. The van der Waals surface area contributed by atoms with E-state index in [0.717, 1.165) is 13.1 Å². The zero-order valence-corrected chi connectivity index (χ0v) is 14.3.